The Labute approximate surface area is 121 Å². The summed E-state index contributed by atoms with van der Waals surface area (Å²) in [6.45, 7) is 4.65. The molecule has 2 aromatic rings. The second-order valence-corrected chi connectivity index (χ2v) is 6.07. The molecule has 0 bridgehead atoms. The first-order valence-electron chi connectivity index (χ1n) is 7.77. The van der Waals surface area contributed by atoms with Crippen LogP contribution in [0, 0.1) is 5.92 Å². The Balaban J connectivity index is 1.45. The fourth-order valence-electron chi connectivity index (χ4n) is 3.18. The van der Waals surface area contributed by atoms with E-state index in [-0.39, 0.29) is 0 Å². The lowest BCUT2D eigenvalue weighted by Crippen LogP contribution is -2.31. The molecule has 3 heteroatoms. The molecule has 1 saturated heterocycles. The minimum Gasteiger partial charge on any atom is -0.361 e. The van der Waals surface area contributed by atoms with Crippen molar-refractivity contribution in [2.24, 2.45) is 5.92 Å². The third-order valence-electron chi connectivity index (χ3n) is 4.57. The Morgan fingerprint density at radius 3 is 2.95 bits per heavy atom. The molecule has 0 atom stereocenters. The Hall–Kier alpha value is -1.32. The minimum absolute atomic E-state index is 0.918. The Morgan fingerprint density at radius 2 is 2.10 bits per heavy atom. The quantitative estimate of drug-likeness (QED) is 0.819. The number of rotatable bonds is 5. The van der Waals surface area contributed by atoms with E-state index >= 15 is 0 Å². The molecule has 0 amide bonds. The number of benzene rings is 1. The van der Waals surface area contributed by atoms with Gasteiger partial charge in [0, 0.05) is 23.6 Å². The van der Waals surface area contributed by atoms with Gasteiger partial charge in [0.15, 0.2) is 0 Å². The summed E-state index contributed by atoms with van der Waals surface area (Å²) < 4.78 is 0. The van der Waals surface area contributed by atoms with Crippen molar-refractivity contribution in [2.45, 2.75) is 25.8 Å². The highest BCUT2D eigenvalue weighted by atomic mass is 15.1. The maximum absolute atomic E-state index is 3.61. The number of fused-ring (bicyclic) bond motifs is 1. The zero-order chi connectivity index (χ0) is 13.8. The van der Waals surface area contributed by atoms with E-state index in [9.17, 15) is 0 Å². The van der Waals surface area contributed by atoms with E-state index in [0.29, 0.717) is 0 Å². The summed E-state index contributed by atoms with van der Waals surface area (Å²) in [4.78, 5) is 5.71. The van der Waals surface area contributed by atoms with Crippen LogP contribution in [0.1, 0.15) is 24.8 Å². The van der Waals surface area contributed by atoms with Gasteiger partial charge in [-0.3, -0.25) is 0 Å². The van der Waals surface area contributed by atoms with Gasteiger partial charge in [0.1, 0.15) is 0 Å². The molecule has 1 aromatic heterocycles. The van der Waals surface area contributed by atoms with Crippen molar-refractivity contribution in [2.75, 3.05) is 26.7 Å². The topological polar surface area (TPSA) is 31.1 Å². The molecule has 20 heavy (non-hydrogen) atoms. The summed E-state index contributed by atoms with van der Waals surface area (Å²) in [6, 6.07) is 8.66. The molecule has 0 spiro atoms. The van der Waals surface area contributed by atoms with Gasteiger partial charge >= 0.3 is 0 Å². The molecule has 1 aromatic carbocycles. The summed E-state index contributed by atoms with van der Waals surface area (Å²) in [5, 5.41) is 4.96. The number of nitrogens with one attached hydrogen (secondary N) is 2. The van der Waals surface area contributed by atoms with E-state index in [4.69, 9.17) is 0 Å². The van der Waals surface area contributed by atoms with Crippen LogP contribution in [0.25, 0.3) is 10.9 Å². The summed E-state index contributed by atoms with van der Waals surface area (Å²) in [5.41, 5.74) is 2.63. The van der Waals surface area contributed by atoms with Crippen molar-refractivity contribution in [1.82, 2.24) is 15.2 Å². The average Bonchev–Trinajstić information content (AvgIpc) is 2.94. The van der Waals surface area contributed by atoms with Crippen LogP contribution < -0.4 is 5.32 Å². The highest BCUT2D eigenvalue weighted by Crippen LogP contribution is 2.19. The SMILES string of the molecule is CN1CCC(CCNCc2cccc3[nH]ccc23)CC1. The number of likely N-dealkylation sites (tertiary alicyclic amines) is 1. The summed E-state index contributed by atoms with van der Waals surface area (Å²) in [5.74, 6) is 0.918. The molecule has 0 saturated carbocycles. The van der Waals surface area contributed by atoms with Gasteiger partial charge in [0.2, 0.25) is 0 Å². The van der Waals surface area contributed by atoms with Gasteiger partial charge < -0.3 is 15.2 Å². The second kappa shape index (κ2) is 6.42. The lowest BCUT2D eigenvalue weighted by molar-refractivity contribution is 0.211. The van der Waals surface area contributed by atoms with Gasteiger partial charge in [0.05, 0.1) is 0 Å². The molecule has 2 heterocycles. The van der Waals surface area contributed by atoms with E-state index in [1.54, 1.807) is 0 Å². The fraction of sp³-hybridized carbons (Fsp3) is 0.529. The zero-order valence-electron chi connectivity index (χ0n) is 12.4. The van der Waals surface area contributed by atoms with Crippen LogP contribution in [0.5, 0.6) is 0 Å². The molecular weight excluding hydrogens is 246 g/mol. The highest BCUT2D eigenvalue weighted by molar-refractivity contribution is 5.82. The third-order valence-corrected chi connectivity index (χ3v) is 4.57. The smallest absolute Gasteiger partial charge is 0.0457 e. The van der Waals surface area contributed by atoms with Gasteiger partial charge in [-0.25, -0.2) is 0 Å². The largest absolute Gasteiger partial charge is 0.361 e. The van der Waals surface area contributed by atoms with Gasteiger partial charge in [-0.2, -0.15) is 0 Å². The molecule has 3 nitrogen and oxygen atoms in total. The molecule has 2 N–H and O–H groups in total. The van der Waals surface area contributed by atoms with E-state index in [1.807, 2.05) is 6.20 Å². The van der Waals surface area contributed by atoms with Crippen molar-refractivity contribution in [3.63, 3.8) is 0 Å². The number of hydrogen-bond acceptors (Lipinski definition) is 2. The zero-order valence-corrected chi connectivity index (χ0v) is 12.4. The van der Waals surface area contributed by atoms with Crippen molar-refractivity contribution in [3.05, 3.63) is 36.0 Å². The first-order valence-corrected chi connectivity index (χ1v) is 7.77. The number of nitrogens with zero attached hydrogens (tertiary/aromatic N) is 1. The Morgan fingerprint density at radius 1 is 1.25 bits per heavy atom. The number of hydrogen-bond donors (Lipinski definition) is 2. The molecule has 0 unspecified atom stereocenters. The van der Waals surface area contributed by atoms with Crippen LogP contribution in [-0.4, -0.2) is 36.6 Å². The first-order chi connectivity index (χ1) is 9.83. The molecule has 1 fully saturated rings. The van der Waals surface area contributed by atoms with Crippen LogP contribution in [0.2, 0.25) is 0 Å². The predicted octanol–water partition coefficient (Wildman–Crippen LogP) is 2.99. The molecule has 1 aliphatic heterocycles. The maximum atomic E-state index is 3.61. The second-order valence-electron chi connectivity index (χ2n) is 6.07. The molecule has 108 valence electrons. The van der Waals surface area contributed by atoms with Crippen LogP contribution in [0.3, 0.4) is 0 Å². The van der Waals surface area contributed by atoms with Crippen molar-refractivity contribution < 1.29 is 0 Å². The fourth-order valence-corrected chi connectivity index (χ4v) is 3.18. The lowest BCUT2D eigenvalue weighted by atomic mass is 9.94. The van der Waals surface area contributed by atoms with Crippen molar-refractivity contribution in [1.29, 1.82) is 0 Å². The molecule has 0 aliphatic carbocycles. The maximum Gasteiger partial charge on any atom is 0.0457 e. The Bertz CT molecular complexity index is 538. The van der Waals surface area contributed by atoms with Crippen LogP contribution in [0.15, 0.2) is 30.5 Å². The lowest BCUT2D eigenvalue weighted by Gasteiger charge is -2.28. The minimum atomic E-state index is 0.918. The summed E-state index contributed by atoms with van der Waals surface area (Å²) in [7, 11) is 2.23. The van der Waals surface area contributed by atoms with E-state index in [2.05, 4.69) is 46.5 Å². The van der Waals surface area contributed by atoms with E-state index < -0.39 is 0 Å². The number of aromatic amines is 1. The summed E-state index contributed by atoms with van der Waals surface area (Å²) >= 11 is 0. The van der Waals surface area contributed by atoms with Gasteiger partial charge in [-0.15, -0.1) is 0 Å². The van der Waals surface area contributed by atoms with Crippen LogP contribution in [-0.2, 0) is 6.54 Å². The summed E-state index contributed by atoms with van der Waals surface area (Å²) in [6.07, 6.45) is 6.07. The number of piperidine rings is 1. The number of H-pyrrole nitrogens is 1. The standard InChI is InChI=1S/C17H25N3/c1-20-11-7-14(8-12-20)5-9-18-13-15-3-2-4-17-16(15)6-10-19-17/h2-4,6,10,14,18-19H,5,7-9,11-13H2,1H3. The predicted molar refractivity (Wildman–Crippen MR) is 84.8 cm³/mol. The highest BCUT2D eigenvalue weighted by Gasteiger charge is 2.15. The van der Waals surface area contributed by atoms with Crippen LogP contribution in [0.4, 0.5) is 0 Å². The first kappa shape index (κ1) is 13.7. The molecule has 0 radical (unpaired) electrons. The molecule has 1 aliphatic rings. The van der Waals surface area contributed by atoms with Gasteiger partial charge in [-0.1, -0.05) is 12.1 Å². The van der Waals surface area contributed by atoms with Crippen molar-refractivity contribution >= 4 is 10.9 Å². The monoisotopic (exact) mass is 271 g/mol. The number of aromatic nitrogens is 1. The third kappa shape index (κ3) is 3.22. The average molecular weight is 271 g/mol. The van der Waals surface area contributed by atoms with E-state index in [0.717, 1.165) is 19.0 Å². The molecule has 3 rings (SSSR count). The van der Waals surface area contributed by atoms with E-state index in [1.165, 1.54) is 48.8 Å². The normalized spacial score (nSPS) is 17.9. The molecular formula is C17H25N3. The van der Waals surface area contributed by atoms with Crippen LogP contribution >= 0.6 is 0 Å². The Kier molecular flexibility index (Phi) is 4.38. The van der Waals surface area contributed by atoms with Gasteiger partial charge in [0.25, 0.3) is 0 Å². The van der Waals surface area contributed by atoms with Crippen molar-refractivity contribution in [3.8, 4) is 0 Å². The van der Waals surface area contributed by atoms with Gasteiger partial charge in [-0.05, 0) is 69.6 Å².